The number of aromatic carboxylic acids is 1. The first-order valence-electron chi connectivity index (χ1n) is 5.23. The van der Waals surface area contributed by atoms with Gasteiger partial charge in [-0.15, -0.1) is 0 Å². The van der Waals surface area contributed by atoms with Crippen molar-refractivity contribution in [3.63, 3.8) is 0 Å². The van der Waals surface area contributed by atoms with Crippen LogP contribution in [0.5, 0.6) is 0 Å². The van der Waals surface area contributed by atoms with Gasteiger partial charge in [0.15, 0.2) is 5.76 Å². The van der Waals surface area contributed by atoms with Gasteiger partial charge in [-0.25, -0.2) is 9.18 Å². The quantitative estimate of drug-likeness (QED) is 0.885. The smallest absolute Gasteiger partial charge is 0.339 e. The number of rotatable bonds is 3. The van der Waals surface area contributed by atoms with Gasteiger partial charge in [-0.1, -0.05) is 19.1 Å². The normalized spacial score (nSPS) is 10.5. The van der Waals surface area contributed by atoms with E-state index in [9.17, 15) is 9.18 Å². The molecule has 2 aromatic rings. The van der Waals surface area contributed by atoms with Crippen LogP contribution in [0, 0.1) is 5.82 Å². The first-order valence-corrected chi connectivity index (χ1v) is 5.23. The van der Waals surface area contributed by atoms with Gasteiger partial charge >= 0.3 is 5.97 Å². The van der Waals surface area contributed by atoms with Crippen LogP contribution in [0.15, 0.2) is 34.9 Å². The van der Waals surface area contributed by atoms with Crippen molar-refractivity contribution in [2.75, 3.05) is 0 Å². The Kier molecular flexibility index (Phi) is 2.95. The lowest BCUT2D eigenvalue weighted by molar-refractivity contribution is 0.0696. The fraction of sp³-hybridized carbons (Fsp3) is 0.154. The molecule has 0 atom stereocenters. The molecule has 0 radical (unpaired) electrons. The number of furan rings is 1. The Balaban J connectivity index is 2.64. The SMILES string of the molecule is CCc1coc(-c2ccccc2F)c1C(=O)O. The minimum absolute atomic E-state index is 0.0394. The molecule has 88 valence electrons. The second-order valence-corrected chi connectivity index (χ2v) is 3.60. The van der Waals surface area contributed by atoms with Crippen LogP contribution in [0.1, 0.15) is 22.8 Å². The highest BCUT2D eigenvalue weighted by molar-refractivity contribution is 5.96. The lowest BCUT2D eigenvalue weighted by atomic mass is 10.0. The monoisotopic (exact) mass is 234 g/mol. The summed E-state index contributed by atoms with van der Waals surface area (Å²) in [5, 5.41) is 9.14. The second-order valence-electron chi connectivity index (χ2n) is 3.60. The third kappa shape index (κ3) is 1.93. The first kappa shape index (κ1) is 11.4. The van der Waals surface area contributed by atoms with Crippen LogP contribution in [0.25, 0.3) is 11.3 Å². The summed E-state index contributed by atoms with van der Waals surface area (Å²) in [5.74, 6) is -1.52. The lowest BCUT2D eigenvalue weighted by Gasteiger charge is -2.01. The number of aryl methyl sites for hydroxylation is 1. The molecule has 0 fully saturated rings. The van der Waals surface area contributed by atoms with Crippen LogP contribution in [0.2, 0.25) is 0 Å². The Morgan fingerprint density at radius 3 is 2.71 bits per heavy atom. The number of hydrogen-bond acceptors (Lipinski definition) is 2. The summed E-state index contributed by atoms with van der Waals surface area (Å²) in [6.45, 7) is 1.82. The summed E-state index contributed by atoms with van der Waals surface area (Å²) in [6, 6.07) is 5.95. The zero-order valence-electron chi connectivity index (χ0n) is 9.24. The van der Waals surface area contributed by atoms with Gasteiger partial charge < -0.3 is 9.52 Å². The van der Waals surface area contributed by atoms with Crippen molar-refractivity contribution in [3.8, 4) is 11.3 Å². The molecule has 0 aliphatic rings. The first-order chi connectivity index (χ1) is 8.15. The standard InChI is InChI=1S/C13H11FO3/c1-2-8-7-17-12(11(8)13(15)16)9-5-3-4-6-10(9)14/h3-7H,2H2,1H3,(H,15,16). The highest BCUT2D eigenvalue weighted by atomic mass is 19.1. The summed E-state index contributed by atoms with van der Waals surface area (Å²) in [5.41, 5.74) is 0.776. The Hall–Kier alpha value is -2.10. The molecule has 3 nitrogen and oxygen atoms in total. The predicted octanol–water partition coefficient (Wildman–Crippen LogP) is 3.35. The number of halogens is 1. The number of hydrogen-bond donors (Lipinski definition) is 1. The van der Waals surface area contributed by atoms with E-state index in [1.165, 1.54) is 18.4 Å². The van der Waals surface area contributed by atoms with E-state index in [1.54, 1.807) is 12.1 Å². The van der Waals surface area contributed by atoms with Crippen molar-refractivity contribution in [2.45, 2.75) is 13.3 Å². The van der Waals surface area contributed by atoms with Gasteiger partial charge in [-0.05, 0) is 18.6 Å². The molecule has 0 aliphatic heterocycles. The molecule has 1 aromatic heterocycles. The molecule has 0 aliphatic carbocycles. The number of benzene rings is 1. The summed E-state index contributed by atoms with van der Waals surface area (Å²) in [6.07, 6.45) is 1.89. The fourth-order valence-electron chi connectivity index (χ4n) is 1.73. The number of carboxylic acid groups (broad SMARTS) is 1. The van der Waals surface area contributed by atoms with Crippen molar-refractivity contribution >= 4 is 5.97 Å². The molecule has 0 bridgehead atoms. The predicted molar refractivity (Wildman–Crippen MR) is 60.4 cm³/mol. The fourth-order valence-corrected chi connectivity index (χ4v) is 1.73. The maximum atomic E-state index is 13.6. The van der Waals surface area contributed by atoms with E-state index in [-0.39, 0.29) is 16.9 Å². The van der Waals surface area contributed by atoms with Gasteiger partial charge in [0, 0.05) is 5.56 Å². The van der Waals surface area contributed by atoms with Gasteiger partial charge in [-0.2, -0.15) is 0 Å². The Morgan fingerprint density at radius 1 is 1.41 bits per heavy atom. The summed E-state index contributed by atoms with van der Waals surface area (Å²) in [7, 11) is 0. The van der Waals surface area contributed by atoms with E-state index in [0.29, 0.717) is 12.0 Å². The second kappa shape index (κ2) is 4.41. The highest BCUT2D eigenvalue weighted by Gasteiger charge is 2.22. The summed E-state index contributed by atoms with van der Waals surface area (Å²) < 4.78 is 18.8. The highest BCUT2D eigenvalue weighted by Crippen LogP contribution is 2.30. The Labute approximate surface area is 97.5 Å². The van der Waals surface area contributed by atoms with E-state index in [1.807, 2.05) is 6.92 Å². The topological polar surface area (TPSA) is 50.4 Å². The molecule has 0 spiro atoms. The zero-order valence-corrected chi connectivity index (χ0v) is 9.24. The molecule has 17 heavy (non-hydrogen) atoms. The van der Waals surface area contributed by atoms with Crippen molar-refractivity contribution in [3.05, 3.63) is 47.5 Å². The van der Waals surface area contributed by atoms with Gasteiger partial charge in [-0.3, -0.25) is 0 Å². The molecule has 0 amide bonds. The van der Waals surface area contributed by atoms with Gasteiger partial charge in [0.2, 0.25) is 0 Å². The van der Waals surface area contributed by atoms with Crippen LogP contribution in [0.3, 0.4) is 0 Å². The van der Waals surface area contributed by atoms with Crippen molar-refractivity contribution in [1.29, 1.82) is 0 Å². The molecular weight excluding hydrogens is 223 g/mol. The van der Waals surface area contributed by atoms with Crippen LogP contribution < -0.4 is 0 Å². The maximum Gasteiger partial charge on any atom is 0.339 e. The van der Waals surface area contributed by atoms with Crippen LogP contribution in [-0.2, 0) is 6.42 Å². The summed E-state index contributed by atoms with van der Waals surface area (Å²) in [4.78, 5) is 11.2. The lowest BCUT2D eigenvalue weighted by Crippen LogP contribution is -2.01. The van der Waals surface area contributed by atoms with E-state index >= 15 is 0 Å². The molecule has 1 heterocycles. The maximum absolute atomic E-state index is 13.6. The van der Waals surface area contributed by atoms with Crippen LogP contribution >= 0.6 is 0 Å². The average Bonchev–Trinajstić information content (AvgIpc) is 2.73. The van der Waals surface area contributed by atoms with Crippen molar-refractivity contribution in [2.24, 2.45) is 0 Å². The largest absolute Gasteiger partial charge is 0.478 e. The molecule has 0 saturated carbocycles. The van der Waals surface area contributed by atoms with Crippen LogP contribution in [0.4, 0.5) is 4.39 Å². The minimum Gasteiger partial charge on any atom is -0.478 e. The average molecular weight is 234 g/mol. The third-order valence-corrected chi connectivity index (χ3v) is 2.58. The molecular formula is C13H11FO3. The Morgan fingerprint density at radius 2 is 2.12 bits per heavy atom. The molecule has 0 saturated heterocycles. The Bertz CT molecular complexity index is 558. The van der Waals surface area contributed by atoms with E-state index < -0.39 is 11.8 Å². The number of carbonyl (C=O) groups is 1. The molecule has 2 rings (SSSR count). The van der Waals surface area contributed by atoms with Gasteiger partial charge in [0.05, 0.1) is 11.8 Å². The molecule has 1 aromatic carbocycles. The van der Waals surface area contributed by atoms with Gasteiger partial charge in [0.25, 0.3) is 0 Å². The van der Waals surface area contributed by atoms with E-state index in [0.717, 1.165) is 0 Å². The minimum atomic E-state index is -1.10. The molecule has 0 unspecified atom stereocenters. The number of carboxylic acids is 1. The molecule has 1 N–H and O–H groups in total. The third-order valence-electron chi connectivity index (χ3n) is 2.58. The van der Waals surface area contributed by atoms with Crippen molar-refractivity contribution in [1.82, 2.24) is 0 Å². The van der Waals surface area contributed by atoms with E-state index in [2.05, 4.69) is 0 Å². The van der Waals surface area contributed by atoms with Crippen molar-refractivity contribution < 1.29 is 18.7 Å². The van der Waals surface area contributed by atoms with E-state index in [4.69, 9.17) is 9.52 Å². The summed E-state index contributed by atoms with van der Waals surface area (Å²) >= 11 is 0. The van der Waals surface area contributed by atoms with Gasteiger partial charge in [0.1, 0.15) is 11.4 Å². The molecule has 4 heteroatoms. The van der Waals surface area contributed by atoms with Crippen LogP contribution in [-0.4, -0.2) is 11.1 Å². The zero-order chi connectivity index (χ0) is 12.4.